The number of benzene rings is 2. The number of sulfone groups is 1. The zero-order valence-electron chi connectivity index (χ0n) is 10.9. The molecule has 0 aliphatic rings. The average Bonchev–Trinajstić information content (AvgIpc) is 2.38. The van der Waals surface area contributed by atoms with Crippen molar-refractivity contribution in [2.45, 2.75) is 14.7 Å². The molecule has 0 spiro atoms. The molecule has 0 N–H and O–H groups in total. The predicted molar refractivity (Wildman–Crippen MR) is 66.3 cm³/mol. The Morgan fingerprint density at radius 1 is 0.857 bits per heavy atom. The SMILES string of the molecule is O=S(=O)([O-])c1cccc(F)c1S(=O)(=O)c1ccccc1.[K+]. The van der Waals surface area contributed by atoms with E-state index in [1.165, 1.54) is 24.3 Å². The fourth-order valence-electron chi connectivity index (χ4n) is 1.66. The van der Waals surface area contributed by atoms with E-state index in [1.54, 1.807) is 6.07 Å². The van der Waals surface area contributed by atoms with E-state index >= 15 is 0 Å². The summed E-state index contributed by atoms with van der Waals surface area (Å²) >= 11 is 0. The molecule has 0 radical (unpaired) electrons. The molecule has 0 amide bonds. The summed E-state index contributed by atoms with van der Waals surface area (Å²) < 4.78 is 71.6. The van der Waals surface area contributed by atoms with Crippen molar-refractivity contribution in [1.82, 2.24) is 0 Å². The number of hydrogen-bond donors (Lipinski definition) is 0. The molecule has 5 nitrogen and oxygen atoms in total. The molecule has 0 bridgehead atoms. The molecule has 2 aromatic carbocycles. The van der Waals surface area contributed by atoms with Gasteiger partial charge in [0.05, 0.1) is 9.79 Å². The number of halogens is 1. The third kappa shape index (κ3) is 3.99. The van der Waals surface area contributed by atoms with Crippen LogP contribution >= 0.6 is 0 Å². The van der Waals surface area contributed by atoms with Crippen molar-refractivity contribution in [2.75, 3.05) is 0 Å². The van der Waals surface area contributed by atoms with E-state index in [1.807, 2.05) is 0 Å². The average molecular weight is 354 g/mol. The second kappa shape index (κ2) is 6.96. The van der Waals surface area contributed by atoms with Crippen LogP contribution in [0.4, 0.5) is 4.39 Å². The minimum Gasteiger partial charge on any atom is -0.744 e. The summed E-state index contributed by atoms with van der Waals surface area (Å²) in [6.07, 6.45) is 0. The molecule has 0 aliphatic carbocycles. The van der Waals surface area contributed by atoms with Gasteiger partial charge in [0.1, 0.15) is 20.8 Å². The molecule has 0 aliphatic heterocycles. The molecule has 9 heteroatoms. The molecule has 21 heavy (non-hydrogen) atoms. The van der Waals surface area contributed by atoms with Crippen LogP contribution in [0.25, 0.3) is 0 Å². The summed E-state index contributed by atoms with van der Waals surface area (Å²) in [5.74, 6) is -1.29. The fourth-order valence-corrected chi connectivity index (χ4v) is 4.28. The zero-order valence-corrected chi connectivity index (χ0v) is 15.6. The predicted octanol–water partition coefficient (Wildman–Crippen LogP) is -1.43. The van der Waals surface area contributed by atoms with E-state index in [9.17, 15) is 25.8 Å². The molecule has 0 saturated carbocycles. The van der Waals surface area contributed by atoms with Gasteiger partial charge in [-0.3, -0.25) is 0 Å². The molecular weight excluding hydrogens is 346 g/mol. The van der Waals surface area contributed by atoms with Crippen molar-refractivity contribution in [3.05, 3.63) is 54.3 Å². The Hall–Kier alpha value is -0.134. The van der Waals surface area contributed by atoms with Crippen molar-refractivity contribution < 1.29 is 77.2 Å². The Balaban J connectivity index is 0.00000220. The van der Waals surface area contributed by atoms with Gasteiger partial charge in [-0.15, -0.1) is 0 Å². The molecule has 0 atom stereocenters. The van der Waals surface area contributed by atoms with Crippen molar-refractivity contribution >= 4 is 20.0 Å². The van der Waals surface area contributed by atoms with Crippen LogP contribution in [0.1, 0.15) is 0 Å². The Kier molecular flexibility index (Phi) is 6.27. The monoisotopic (exact) mass is 354 g/mol. The Bertz CT molecular complexity index is 848. The summed E-state index contributed by atoms with van der Waals surface area (Å²) in [5, 5.41) is 0. The molecule has 2 rings (SSSR count). The Morgan fingerprint density at radius 2 is 1.43 bits per heavy atom. The third-order valence-electron chi connectivity index (χ3n) is 2.52. The maximum absolute atomic E-state index is 13.8. The summed E-state index contributed by atoms with van der Waals surface area (Å²) in [6.45, 7) is 0. The van der Waals surface area contributed by atoms with E-state index < -0.39 is 35.6 Å². The largest absolute Gasteiger partial charge is 1.00 e. The summed E-state index contributed by atoms with van der Waals surface area (Å²) in [4.78, 5) is -2.52. The van der Waals surface area contributed by atoms with Crippen LogP contribution in [0.15, 0.2) is 63.2 Å². The number of hydrogen-bond acceptors (Lipinski definition) is 5. The van der Waals surface area contributed by atoms with E-state index in [4.69, 9.17) is 0 Å². The molecule has 0 aromatic heterocycles. The Labute approximate surface area is 164 Å². The van der Waals surface area contributed by atoms with Gasteiger partial charge in [0.2, 0.25) is 9.84 Å². The van der Waals surface area contributed by atoms with Gasteiger partial charge in [-0.05, 0) is 24.3 Å². The van der Waals surface area contributed by atoms with Gasteiger partial charge in [-0.25, -0.2) is 21.2 Å². The maximum atomic E-state index is 13.8. The van der Waals surface area contributed by atoms with Crippen molar-refractivity contribution in [2.24, 2.45) is 0 Å². The topological polar surface area (TPSA) is 91.3 Å². The molecule has 0 fully saturated rings. The number of rotatable bonds is 3. The first kappa shape index (κ1) is 18.9. The van der Waals surface area contributed by atoms with Gasteiger partial charge in [0, 0.05) is 0 Å². The van der Waals surface area contributed by atoms with E-state index in [0.29, 0.717) is 0 Å². The minimum atomic E-state index is -5.12. The van der Waals surface area contributed by atoms with Gasteiger partial charge < -0.3 is 4.55 Å². The molecule has 0 unspecified atom stereocenters. The normalized spacial score (nSPS) is 11.7. The van der Waals surface area contributed by atoms with Crippen LogP contribution in [0.5, 0.6) is 0 Å². The van der Waals surface area contributed by atoms with Crippen molar-refractivity contribution in [3.8, 4) is 0 Å². The summed E-state index contributed by atoms with van der Waals surface area (Å²) in [6, 6.07) is 9.23. The summed E-state index contributed by atoms with van der Waals surface area (Å²) in [7, 11) is -9.55. The molecule has 0 heterocycles. The molecule has 0 saturated heterocycles. The second-order valence-corrected chi connectivity index (χ2v) is 7.07. The first-order chi connectivity index (χ1) is 9.24. The maximum Gasteiger partial charge on any atom is 1.00 e. The first-order valence-electron chi connectivity index (χ1n) is 5.29. The second-order valence-electron chi connectivity index (χ2n) is 3.84. The van der Waals surface area contributed by atoms with Crippen LogP contribution in [-0.4, -0.2) is 21.4 Å². The molecule has 106 valence electrons. The van der Waals surface area contributed by atoms with Crippen molar-refractivity contribution in [3.63, 3.8) is 0 Å². The standard InChI is InChI=1S/C12H9FO5S2.K/c13-10-7-4-8-11(20(16,17)18)12(10)19(14,15)9-5-2-1-3-6-9;/h1-8H,(H,16,17,18);/q;+1/p-1. The fraction of sp³-hybridized carbons (Fsp3) is 0. The van der Waals surface area contributed by atoms with Gasteiger partial charge >= 0.3 is 51.4 Å². The van der Waals surface area contributed by atoms with Gasteiger partial charge in [-0.1, -0.05) is 24.3 Å². The van der Waals surface area contributed by atoms with Crippen LogP contribution in [-0.2, 0) is 20.0 Å². The Morgan fingerprint density at radius 3 is 1.95 bits per heavy atom. The van der Waals surface area contributed by atoms with Gasteiger partial charge in [0.15, 0.2) is 0 Å². The third-order valence-corrected chi connectivity index (χ3v) is 5.38. The summed E-state index contributed by atoms with van der Waals surface area (Å²) in [5.41, 5.74) is 0. The van der Waals surface area contributed by atoms with Crippen LogP contribution in [0, 0.1) is 5.82 Å². The minimum absolute atomic E-state index is 0. The quantitative estimate of drug-likeness (QED) is 0.498. The molecule has 2 aromatic rings. The van der Waals surface area contributed by atoms with Gasteiger partial charge in [-0.2, -0.15) is 0 Å². The van der Waals surface area contributed by atoms with Crippen molar-refractivity contribution in [1.29, 1.82) is 0 Å². The molecular formula is C12H8FKO5S2. The van der Waals surface area contributed by atoms with Crippen LogP contribution < -0.4 is 51.4 Å². The van der Waals surface area contributed by atoms with Gasteiger partial charge in [0.25, 0.3) is 0 Å². The van der Waals surface area contributed by atoms with E-state index in [-0.39, 0.29) is 56.3 Å². The van der Waals surface area contributed by atoms with E-state index in [2.05, 4.69) is 0 Å². The van der Waals surface area contributed by atoms with Crippen LogP contribution in [0.3, 0.4) is 0 Å². The van der Waals surface area contributed by atoms with E-state index in [0.717, 1.165) is 18.2 Å². The first-order valence-corrected chi connectivity index (χ1v) is 8.18. The smallest absolute Gasteiger partial charge is 0.744 e. The van der Waals surface area contributed by atoms with Crippen LogP contribution in [0.2, 0.25) is 0 Å². The zero-order chi connectivity index (χ0) is 15.0.